The molecule has 0 heterocycles. The molecule has 2 rings (SSSR count). The lowest BCUT2D eigenvalue weighted by molar-refractivity contribution is 0.407. The highest BCUT2D eigenvalue weighted by Gasteiger charge is 2.11. The number of halogens is 1. The van der Waals surface area contributed by atoms with E-state index in [1.54, 1.807) is 14.2 Å². The van der Waals surface area contributed by atoms with E-state index in [0.29, 0.717) is 5.88 Å². The van der Waals surface area contributed by atoms with Crippen LogP contribution in [0.25, 0.3) is 10.8 Å². The van der Waals surface area contributed by atoms with Gasteiger partial charge in [-0.05, 0) is 6.07 Å². The Morgan fingerprint density at radius 2 is 1.75 bits per heavy atom. The van der Waals surface area contributed by atoms with Gasteiger partial charge >= 0.3 is 0 Å². The van der Waals surface area contributed by atoms with Crippen molar-refractivity contribution < 1.29 is 9.47 Å². The lowest BCUT2D eigenvalue weighted by Crippen LogP contribution is -1.94. The second-order valence-corrected chi connectivity index (χ2v) is 3.72. The highest BCUT2D eigenvalue weighted by molar-refractivity contribution is 6.17. The highest BCUT2D eigenvalue weighted by atomic mass is 35.5. The summed E-state index contributed by atoms with van der Waals surface area (Å²) in [5.41, 5.74) is 0.944. The number of hydrogen-bond acceptors (Lipinski definition) is 2. The van der Waals surface area contributed by atoms with Gasteiger partial charge in [-0.2, -0.15) is 0 Å². The molecular weight excluding hydrogens is 224 g/mol. The standard InChI is InChI=1S/C13H13ClO2/c1-15-12-7-9(8-14)13(16-2)11-6-4-3-5-10(11)12/h3-7H,8H2,1-2H3. The molecule has 0 fully saturated rings. The van der Waals surface area contributed by atoms with Crippen molar-refractivity contribution in [3.05, 3.63) is 35.9 Å². The molecule has 0 aliphatic heterocycles. The van der Waals surface area contributed by atoms with Gasteiger partial charge in [0.15, 0.2) is 0 Å². The van der Waals surface area contributed by atoms with Gasteiger partial charge in [0.25, 0.3) is 0 Å². The smallest absolute Gasteiger partial charge is 0.131 e. The minimum Gasteiger partial charge on any atom is -0.496 e. The third kappa shape index (κ3) is 1.69. The minimum atomic E-state index is 0.407. The van der Waals surface area contributed by atoms with Crippen molar-refractivity contribution in [2.24, 2.45) is 0 Å². The van der Waals surface area contributed by atoms with Gasteiger partial charge < -0.3 is 9.47 Å². The maximum Gasteiger partial charge on any atom is 0.131 e. The Bertz CT molecular complexity index is 509. The van der Waals surface area contributed by atoms with Crippen LogP contribution in [0, 0.1) is 0 Å². The van der Waals surface area contributed by atoms with Crippen LogP contribution >= 0.6 is 11.6 Å². The monoisotopic (exact) mass is 236 g/mol. The molecular formula is C13H13ClO2. The van der Waals surface area contributed by atoms with Crippen LogP contribution in [0.5, 0.6) is 11.5 Å². The Balaban J connectivity index is 2.83. The molecule has 0 atom stereocenters. The molecule has 0 saturated carbocycles. The lowest BCUT2D eigenvalue weighted by Gasteiger charge is -2.13. The van der Waals surface area contributed by atoms with Gasteiger partial charge in [-0.3, -0.25) is 0 Å². The van der Waals surface area contributed by atoms with Crippen LogP contribution in [0.4, 0.5) is 0 Å². The first-order chi connectivity index (χ1) is 7.81. The zero-order chi connectivity index (χ0) is 11.5. The van der Waals surface area contributed by atoms with Crippen molar-refractivity contribution in [2.75, 3.05) is 14.2 Å². The van der Waals surface area contributed by atoms with Crippen LogP contribution in [-0.4, -0.2) is 14.2 Å². The maximum absolute atomic E-state index is 5.90. The second kappa shape index (κ2) is 4.62. The van der Waals surface area contributed by atoms with Gasteiger partial charge in [-0.1, -0.05) is 24.3 Å². The van der Waals surface area contributed by atoms with E-state index in [4.69, 9.17) is 21.1 Å². The molecule has 0 saturated heterocycles. The van der Waals surface area contributed by atoms with E-state index in [2.05, 4.69) is 0 Å². The summed E-state index contributed by atoms with van der Waals surface area (Å²) in [5, 5.41) is 2.07. The minimum absolute atomic E-state index is 0.407. The molecule has 0 radical (unpaired) electrons. The van der Waals surface area contributed by atoms with Gasteiger partial charge in [0.2, 0.25) is 0 Å². The number of benzene rings is 2. The molecule has 0 amide bonds. The molecule has 2 nitrogen and oxygen atoms in total. The summed E-state index contributed by atoms with van der Waals surface area (Å²) < 4.78 is 10.8. The topological polar surface area (TPSA) is 18.5 Å². The average molecular weight is 237 g/mol. The van der Waals surface area contributed by atoms with Crippen LogP contribution in [0.1, 0.15) is 5.56 Å². The predicted octanol–water partition coefficient (Wildman–Crippen LogP) is 3.60. The fourth-order valence-corrected chi connectivity index (χ4v) is 2.08. The van der Waals surface area contributed by atoms with Crippen LogP contribution in [0.3, 0.4) is 0 Å². The first-order valence-electron chi connectivity index (χ1n) is 5.00. The van der Waals surface area contributed by atoms with Gasteiger partial charge in [0.1, 0.15) is 11.5 Å². The summed E-state index contributed by atoms with van der Waals surface area (Å²) in [4.78, 5) is 0. The van der Waals surface area contributed by atoms with E-state index < -0.39 is 0 Å². The average Bonchev–Trinajstić information content (AvgIpc) is 2.36. The first-order valence-corrected chi connectivity index (χ1v) is 5.53. The van der Waals surface area contributed by atoms with Crippen molar-refractivity contribution in [1.29, 1.82) is 0 Å². The number of hydrogen-bond donors (Lipinski definition) is 0. The number of fused-ring (bicyclic) bond motifs is 1. The van der Waals surface area contributed by atoms with Gasteiger partial charge in [-0.15, -0.1) is 11.6 Å². The van der Waals surface area contributed by atoms with E-state index in [1.807, 2.05) is 30.3 Å². The Labute approximate surface area is 99.7 Å². The van der Waals surface area contributed by atoms with E-state index in [1.165, 1.54) is 0 Å². The Morgan fingerprint density at radius 1 is 1.06 bits per heavy atom. The number of methoxy groups -OCH3 is 2. The normalized spacial score (nSPS) is 10.4. The summed E-state index contributed by atoms with van der Waals surface area (Å²) in [6.07, 6.45) is 0. The van der Waals surface area contributed by atoms with Crippen LogP contribution in [0.2, 0.25) is 0 Å². The molecule has 0 spiro atoms. The summed E-state index contributed by atoms with van der Waals surface area (Å²) in [5.74, 6) is 2.06. The van der Waals surface area contributed by atoms with Crippen LogP contribution in [-0.2, 0) is 5.88 Å². The highest BCUT2D eigenvalue weighted by Crippen LogP contribution is 2.37. The molecule has 16 heavy (non-hydrogen) atoms. The largest absolute Gasteiger partial charge is 0.496 e. The summed E-state index contributed by atoms with van der Waals surface area (Å²) in [7, 11) is 3.32. The zero-order valence-corrected chi connectivity index (χ0v) is 10.0. The maximum atomic E-state index is 5.90. The van der Waals surface area contributed by atoms with E-state index in [-0.39, 0.29) is 0 Å². The van der Waals surface area contributed by atoms with Crippen molar-refractivity contribution in [3.63, 3.8) is 0 Å². The molecule has 0 N–H and O–H groups in total. The van der Waals surface area contributed by atoms with Crippen molar-refractivity contribution in [1.82, 2.24) is 0 Å². The summed E-state index contributed by atoms with van der Waals surface area (Å²) in [6, 6.07) is 9.89. The molecule has 0 unspecified atom stereocenters. The van der Waals surface area contributed by atoms with Crippen LogP contribution in [0.15, 0.2) is 30.3 Å². The second-order valence-electron chi connectivity index (χ2n) is 3.45. The van der Waals surface area contributed by atoms with Gasteiger partial charge in [0.05, 0.1) is 20.1 Å². The SMILES string of the molecule is COc1cc(CCl)c(OC)c2ccccc12. The van der Waals surface area contributed by atoms with Crippen molar-refractivity contribution >= 4 is 22.4 Å². The Hall–Kier alpha value is -1.41. The van der Waals surface area contributed by atoms with E-state index >= 15 is 0 Å². The van der Waals surface area contributed by atoms with E-state index in [0.717, 1.165) is 27.8 Å². The number of alkyl halides is 1. The number of ether oxygens (including phenoxy) is 2. The molecule has 2 aromatic rings. The fourth-order valence-electron chi connectivity index (χ4n) is 1.88. The fraction of sp³-hybridized carbons (Fsp3) is 0.231. The van der Waals surface area contributed by atoms with E-state index in [9.17, 15) is 0 Å². The molecule has 0 aliphatic carbocycles. The predicted molar refractivity (Wildman–Crippen MR) is 66.6 cm³/mol. The Morgan fingerprint density at radius 3 is 2.31 bits per heavy atom. The molecule has 3 heteroatoms. The number of rotatable bonds is 3. The van der Waals surface area contributed by atoms with Crippen LogP contribution < -0.4 is 9.47 Å². The first kappa shape index (κ1) is 11.1. The quantitative estimate of drug-likeness (QED) is 0.759. The zero-order valence-electron chi connectivity index (χ0n) is 9.29. The van der Waals surface area contributed by atoms with Gasteiger partial charge in [-0.25, -0.2) is 0 Å². The molecule has 0 bridgehead atoms. The third-order valence-corrected chi connectivity index (χ3v) is 2.89. The van der Waals surface area contributed by atoms with Crippen molar-refractivity contribution in [3.8, 4) is 11.5 Å². The molecule has 0 aromatic heterocycles. The lowest BCUT2D eigenvalue weighted by atomic mass is 10.0. The summed E-state index contributed by atoms with van der Waals surface area (Å²) >= 11 is 5.90. The Kier molecular flexibility index (Phi) is 3.20. The van der Waals surface area contributed by atoms with Crippen molar-refractivity contribution in [2.45, 2.75) is 5.88 Å². The summed E-state index contributed by atoms with van der Waals surface area (Å²) in [6.45, 7) is 0. The third-order valence-electron chi connectivity index (χ3n) is 2.60. The van der Waals surface area contributed by atoms with Gasteiger partial charge in [0, 0.05) is 16.3 Å². The molecule has 0 aliphatic rings. The molecule has 2 aromatic carbocycles. The molecule has 84 valence electrons.